The Morgan fingerprint density at radius 1 is 1.08 bits per heavy atom. The first-order valence-electron chi connectivity index (χ1n) is 8.47. The molecule has 0 spiro atoms. The molecule has 4 rings (SSSR count). The van der Waals surface area contributed by atoms with Crippen LogP contribution in [0.25, 0.3) is 11.3 Å². The zero-order valence-electron chi connectivity index (χ0n) is 13.8. The van der Waals surface area contributed by atoms with Crippen molar-refractivity contribution < 1.29 is 4.79 Å². The van der Waals surface area contributed by atoms with Crippen LogP contribution in [-0.2, 0) is 6.54 Å². The van der Waals surface area contributed by atoms with Crippen molar-refractivity contribution in [1.29, 1.82) is 0 Å². The number of hydrogen-bond acceptors (Lipinski definition) is 4. The summed E-state index contributed by atoms with van der Waals surface area (Å²) in [6.45, 7) is 1.20. The number of carbonyl (C=O) groups is 1. The summed E-state index contributed by atoms with van der Waals surface area (Å²) in [5.41, 5.74) is 3.90. The van der Waals surface area contributed by atoms with Crippen LogP contribution in [0.15, 0.2) is 55.1 Å². The summed E-state index contributed by atoms with van der Waals surface area (Å²) >= 11 is 0. The maximum Gasteiger partial charge on any atom is 0.251 e. The number of rotatable bonds is 6. The molecule has 1 aliphatic rings. The van der Waals surface area contributed by atoms with Gasteiger partial charge in [-0.1, -0.05) is 0 Å². The zero-order chi connectivity index (χ0) is 17.1. The van der Waals surface area contributed by atoms with Crippen molar-refractivity contribution in [3.63, 3.8) is 0 Å². The Morgan fingerprint density at radius 2 is 1.76 bits per heavy atom. The van der Waals surface area contributed by atoms with Gasteiger partial charge in [-0.05, 0) is 43.2 Å². The highest BCUT2D eigenvalue weighted by molar-refractivity contribution is 5.93. The van der Waals surface area contributed by atoms with Gasteiger partial charge in [-0.15, -0.1) is 0 Å². The topological polar surface area (TPSA) is 72.7 Å². The van der Waals surface area contributed by atoms with Crippen molar-refractivity contribution in [3.05, 3.63) is 66.4 Å². The third-order valence-electron chi connectivity index (χ3n) is 4.33. The molecule has 1 amide bonds. The Balaban J connectivity index is 1.45. The smallest absolute Gasteiger partial charge is 0.251 e. The maximum atomic E-state index is 12.1. The van der Waals surface area contributed by atoms with E-state index in [1.165, 1.54) is 18.5 Å². The van der Waals surface area contributed by atoms with Crippen LogP contribution in [0.3, 0.4) is 0 Å². The van der Waals surface area contributed by atoms with Gasteiger partial charge in [0.1, 0.15) is 0 Å². The number of amides is 1. The molecule has 3 heterocycles. The standard InChI is InChI=1S/C19H19N5O/c25-19(16-5-9-21-10-6-16)22-11-12-24-18(15-1-2-15)13-17(23-24)14-3-7-20-8-4-14/h3-10,13,15H,1-2,11-12H2,(H,22,25). The van der Waals surface area contributed by atoms with Gasteiger partial charge in [-0.3, -0.25) is 19.4 Å². The molecule has 0 radical (unpaired) electrons. The normalized spacial score (nSPS) is 13.6. The number of nitrogens with one attached hydrogen (secondary N) is 1. The molecular formula is C19H19N5O. The van der Waals surface area contributed by atoms with E-state index in [1.807, 2.05) is 16.8 Å². The van der Waals surface area contributed by atoms with Crippen LogP contribution < -0.4 is 5.32 Å². The Labute approximate surface area is 145 Å². The second kappa shape index (κ2) is 6.84. The number of nitrogens with zero attached hydrogens (tertiary/aromatic N) is 4. The Bertz CT molecular complexity index is 856. The number of aromatic nitrogens is 4. The summed E-state index contributed by atoms with van der Waals surface area (Å²) in [4.78, 5) is 20.1. The van der Waals surface area contributed by atoms with Gasteiger partial charge in [-0.2, -0.15) is 5.10 Å². The van der Waals surface area contributed by atoms with Gasteiger partial charge in [0.05, 0.1) is 12.2 Å². The minimum atomic E-state index is -0.0862. The second-order valence-electron chi connectivity index (χ2n) is 6.18. The van der Waals surface area contributed by atoms with E-state index >= 15 is 0 Å². The SMILES string of the molecule is O=C(NCCn1nc(-c2ccncc2)cc1C1CC1)c1ccncc1. The molecule has 3 aromatic heterocycles. The summed E-state index contributed by atoms with van der Waals surface area (Å²) in [6, 6.07) is 9.52. The lowest BCUT2D eigenvalue weighted by Gasteiger charge is -2.08. The molecule has 1 saturated carbocycles. The van der Waals surface area contributed by atoms with Crippen molar-refractivity contribution >= 4 is 5.91 Å². The summed E-state index contributed by atoms with van der Waals surface area (Å²) in [7, 11) is 0. The van der Waals surface area contributed by atoms with E-state index < -0.39 is 0 Å². The molecule has 0 unspecified atom stereocenters. The quantitative estimate of drug-likeness (QED) is 0.753. The maximum absolute atomic E-state index is 12.1. The second-order valence-corrected chi connectivity index (χ2v) is 6.18. The minimum absolute atomic E-state index is 0.0862. The molecular weight excluding hydrogens is 314 g/mol. The highest BCUT2D eigenvalue weighted by Gasteiger charge is 2.28. The fraction of sp³-hybridized carbons (Fsp3) is 0.263. The fourth-order valence-electron chi connectivity index (χ4n) is 2.86. The van der Waals surface area contributed by atoms with E-state index in [9.17, 15) is 4.79 Å². The zero-order valence-corrected chi connectivity index (χ0v) is 13.8. The molecule has 0 atom stereocenters. The lowest BCUT2D eigenvalue weighted by atomic mass is 10.2. The molecule has 1 aliphatic carbocycles. The minimum Gasteiger partial charge on any atom is -0.350 e. The molecule has 0 aromatic carbocycles. The first-order valence-corrected chi connectivity index (χ1v) is 8.47. The average molecular weight is 333 g/mol. The van der Waals surface area contributed by atoms with E-state index in [0.29, 0.717) is 24.6 Å². The van der Waals surface area contributed by atoms with E-state index in [1.54, 1.807) is 36.9 Å². The van der Waals surface area contributed by atoms with Crippen molar-refractivity contribution in [1.82, 2.24) is 25.1 Å². The molecule has 1 N–H and O–H groups in total. The molecule has 1 fully saturated rings. The van der Waals surface area contributed by atoms with Crippen LogP contribution in [-0.4, -0.2) is 32.2 Å². The van der Waals surface area contributed by atoms with Crippen molar-refractivity contribution in [2.45, 2.75) is 25.3 Å². The molecule has 6 nitrogen and oxygen atoms in total. The Kier molecular flexibility index (Phi) is 4.24. The molecule has 6 heteroatoms. The summed E-state index contributed by atoms with van der Waals surface area (Å²) < 4.78 is 2.03. The van der Waals surface area contributed by atoms with Crippen molar-refractivity contribution in [2.24, 2.45) is 0 Å². The predicted molar refractivity (Wildman–Crippen MR) is 94.0 cm³/mol. The lowest BCUT2D eigenvalue weighted by molar-refractivity contribution is 0.0951. The van der Waals surface area contributed by atoms with Gasteiger partial charge in [-0.25, -0.2) is 0 Å². The largest absolute Gasteiger partial charge is 0.350 e. The summed E-state index contributed by atoms with van der Waals surface area (Å²) in [5, 5.41) is 7.68. The molecule has 25 heavy (non-hydrogen) atoms. The monoisotopic (exact) mass is 333 g/mol. The molecule has 0 saturated heterocycles. The Hall–Kier alpha value is -3.02. The third kappa shape index (κ3) is 3.57. The first kappa shape index (κ1) is 15.5. The number of pyridine rings is 2. The van der Waals surface area contributed by atoms with E-state index in [2.05, 4.69) is 21.4 Å². The van der Waals surface area contributed by atoms with E-state index in [4.69, 9.17) is 5.10 Å². The van der Waals surface area contributed by atoms with Gasteiger partial charge in [0.15, 0.2) is 0 Å². The van der Waals surface area contributed by atoms with Crippen LogP contribution in [0.1, 0.15) is 34.8 Å². The van der Waals surface area contributed by atoms with Gasteiger partial charge in [0.2, 0.25) is 0 Å². The molecule has 0 bridgehead atoms. The number of hydrogen-bond donors (Lipinski definition) is 1. The van der Waals surface area contributed by atoms with Crippen molar-refractivity contribution in [3.8, 4) is 11.3 Å². The van der Waals surface area contributed by atoms with Gasteiger partial charge < -0.3 is 5.32 Å². The van der Waals surface area contributed by atoms with Gasteiger partial charge >= 0.3 is 0 Å². The third-order valence-corrected chi connectivity index (χ3v) is 4.33. The Morgan fingerprint density at radius 3 is 2.44 bits per heavy atom. The van der Waals surface area contributed by atoms with E-state index in [0.717, 1.165) is 11.3 Å². The number of carbonyl (C=O) groups excluding carboxylic acids is 1. The van der Waals surface area contributed by atoms with Gasteiger partial charge in [0.25, 0.3) is 5.91 Å². The molecule has 0 aliphatic heterocycles. The van der Waals surface area contributed by atoms with Crippen LogP contribution in [0.4, 0.5) is 0 Å². The molecule has 126 valence electrons. The fourth-order valence-corrected chi connectivity index (χ4v) is 2.86. The van der Waals surface area contributed by atoms with E-state index in [-0.39, 0.29) is 5.91 Å². The highest BCUT2D eigenvalue weighted by Crippen LogP contribution is 2.41. The van der Waals surface area contributed by atoms with Crippen LogP contribution in [0.5, 0.6) is 0 Å². The first-order chi connectivity index (χ1) is 12.3. The van der Waals surface area contributed by atoms with Crippen molar-refractivity contribution in [2.75, 3.05) is 6.54 Å². The highest BCUT2D eigenvalue weighted by atomic mass is 16.1. The van der Waals surface area contributed by atoms with Crippen LogP contribution >= 0.6 is 0 Å². The predicted octanol–water partition coefficient (Wildman–Crippen LogP) is 2.65. The van der Waals surface area contributed by atoms with Gasteiger partial charge in [0, 0.05) is 54.1 Å². The van der Waals surface area contributed by atoms with Crippen LogP contribution in [0, 0.1) is 0 Å². The lowest BCUT2D eigenvalue weighted by Crippen LogP contribution is -2.27. The summed E-state index contributed by atoms with van der Waals surface area (Å²) in [6.07, 6.45) is 9.22. The summed E-state index contributed by atoms with van der Waals surface area (Å²) in [5.74, 6) is 0.510. The average Bonchev–Trinajstić information content (AvgIpc) is 3.43. The molecule has 3 aromatic rings. The van der Waals surface area contributed by atoms with Crippen LogP contribution in [0.2, 0.25) is 0 Å².